The fourth-order valence-corrected chi connectivity index (χ4v) is 3.41. The molecule has 4 nitrogen and oxygen atoms in total. The van der Waals surface area contributed by atoms with Gasteiger partial charge in [0.1, 0.15) is 23.1 Å². The summed E-state index contributed by atoms with van der Waals surface area (Å²) in [5, 5.41) is 10.2. The molecule has 0 aliphatic carbocycles. The number of halogens is 2. The van der Waals surface area contributed by atoms with Crippen LogP contribution in [0, 0.1) is 25.5 Å². The minimum atomic E-state index is -1.43. The zero-order valence-corrected chi connectivity index (χ0v) is 18.6. The van der Waals surface area contributed by atoms with Crippen LogP contribution >= 0.6 is 0 Å². The van der Waals surface area contributed by atoms with E-state index in [1.54, 1.807) is 74.5 Å². The van der Waals surface area contributed by atoms with Crippen molar-refractivity contribution in [3.05, 3.63) is 119 Å². The molecular weight excluding hydrogens is 438 g/mol. The molecule has 0 fully saturated rings. The Labute approximate surface area is 196 Å². The molecule has 0 bridgehead atoms. The number of benzene rings is 4. The minimum Gasteiger partial charge on any atom is -0.461 e. The highest BCUT2D eigenvalue weighted by atomic mass is 19.1. The Bertz CT molecular complexity index is 1320. The second-order valence-corrected chi connectivity index (χ2v) is 7.92. The first kappa shape index (κ1) is 23.1. The van der Waals surface area contributed by atoms with Gasteiger partial charge in [0.15, 0.2) is 0 Å². The van der Waals surface area contributed by atoms with E-state index in [4.69, 9.17) is 9.47 Å². The number of aryl methyl sites for hydroxylation is 2. The molecule has 1 atom stereocenters. The van der Waals surface area contributed by atoms with Crippen LogP contribution in [0.4, 0.5) is 8.78 Å². The van der Waals surface area contributed by atoms with Gasteiger partial charge in [-0.1, -0.05) is 36.4 Å². The van der Waals surface area contributed by atoms with Crippen molar-refractivity contribution in [2.24, 2.45) is 0 Å². The van der Waals surface area contributed by atoms with Gasteiger partial charge in [0, 0.05) is 0 Å². The quantitative estimate of drug-likeness (QED) is 0.202. The number of hydrogen-bond donors (Lipinski definition) is 1. The van der Waals surface area contributed by atoms with Crippen LogP contribution in [0.3, 0.4) is 0 Å². The molecule has 0 spiro atoms. The van der Waals surface area contributed by atoms with Crippen LogP contribution in [-0.2, 0) is 0 Å². The zero-order chi connectivity index (χ0) is 24.2. The van der Waals surface area contributed by atoms with Gasteiger partial charge in [0.2, 0.25) is 6.29 Å². The molecule has 0 amide bonds. The fourth-order valence-electron chi connectivity index (χ4n) is 3.41. The number of rotatable bonds is 6. The summed E-state index contributed by atoms with van der Waals surface area (Å²) in [7, 11) is 0. The summed E-state index contributed by atoms with van der Waals surface area (Å²) >= 11 is 0. The summed E-state index contributed by atoms with van der Waals surface area (Å²) in [6.07, 6.45) is -1.43. The lowest BCUT2D eigenvalue weighted by Gasteiger charge is -2.15. The standard InChI is InChI=1S/C28H22F2O4/c1-17-3-13-23(25(29)15-17)27(31)33-21-9-5-19(6-10-21)20-7-11-22(12-8-20)34-28(32)24-14-4-18(2)16-26(24)30/h3-16,27,31H,1-2H3. The van der Waals surface area contributed by atoms with Crippen LogP contribution in [0.15, 0.2) is 84.9 Å². The molecule has 4 aromatic rings. The normalized spacial score (nSPS) is 11.7. The molecule has 0 aromatic heterocycles. The summed E-state index contributed by atoms with van der Waals surface area (Å²) in [6, 6.07) is 22.5. The molecule has 4 rings (SSSR count). The highest BCUT2D eigenvalue weighted by Gasteiger charge is 2.16. The van der Waals surface area contributed by atoms with E-state index in [0.29, 0.717) is 11.3 Å². The van der Waals surface area contributed by atoms with Gasteiger partial charge < -0.3 is 14.6 Å². The Hall–Kier alpha value is -4.03. The number of carbonyl (C=O) groups is 1. The first-order valence-corrected chi connectivity index (χ1v) is 10.6. The number of esters is 1. The first-order chi connectivity index (χ1) is 16.3. The number of aliphatic hydroxyl groups excluding tert-OH is 1. The molecule has 172 valence electrons. The third-order valence-corrected chi connectivity index (χ3v) is 5.27. The number of ether oxygens (including phenoxy) is 2. The van der Waals surface area contributed by atoms with Gasteiger partial charge in [-0.05, 0) is 84.6 Å². The van der Waals surface area contributed by atoms with E-state index in [0.717, 1.165) is 16.7 Å². The Morgan fingerprint density at radius 2 is 1.26 bits per heavy atom. The lowest BCUT2D eigenvalue weighted by Crippen LogP contribution is -2.10. The second kappa shape index (κ2) is 9.85. The van der Waals surface area contributed by atoms with Crippen LogP contribution in [0.5, 0.6) is 11.5 Å². The van der Waals surface area contributed by atoms with Crippen LogP contribution < -0.4 is 9.47 Å². The average Bonchev–Trinajstić information content (AvgIpc) is 2.80. The number of carbonyl (C=O) groups excluding carboxylic acids is 1. The fraction of sp³-hybridized carbons (Fsp3) is 0.107. The zero-order valence-electron chi connectivity index (χ0n) is 18.6. The lowest BCUT2D eigenvalue weighted by atomic mass is 10.1. The summed E-state index contributed by atoms with van der Waals surface area (Å²) in [4.78, 5) is 12.2. The molecule has 0 saturated carbocycles. The molecule has 6 heteroatoms. The van der Waals surface area contributed by atoms with Crippen molar-refractivity contribution in [3.63, 3.8) is 0 Å². The number of hydrogen-bond acceptors (Lipinski definition) is 4. The molecule has 0 aliphatic rings. The van der Waals surface area contributed by atoms with Gasteiger partial charge in [-0.2, -0.15) is 0 Å². The molecule has 0 aliphatic heterocycles. The molecule has 0 saturated heterocycles. The van der Waals surface area contributed by atoms with Gasteiger partial charge >= 0.3 is 5.97 Å². The van der Waals surface area contributed by atoms with Crippen molar-refractivity contribution in [1.82, 2.24) is 0 Å². The van der Waals surface area contributed by atoms with Gasteiger partial charge in [-0.15, -0.1) is 0 Å². The maximum Gasteiger partial charge on any atom is 0.346 e. The third kappa shape index (κ3) is 5.30. The van der Waals surface area contributed by atoms with Crippen molar-refractivity contribution in [1.29, 1.82) is 0 Å². The SMILES string of the molecule is Cc1ccc(C(=O)Oc2ccc(-c3ccc(OC(O)c4ccc(C)cc4F)cc3)cc2)c(F)c1. The van der Waals surface area contributed by atoms with Crippen molar-refractivity contribution in [2.75, 3.05) is 0 Å². The van der Waals surface area contributed by atoms with Crippen molar-refractivity contribution >= 4 is 5.97 Å². The van der Waals surface area contributed by atoms with Gasteiger partial charge in [-0.25, -0.2) is 13.6 Å². The van der Waals surface area contributed by atoms with E-state index >= 15 is 0 Å². The number of aliphatic hydroxyl groups is 1. The van der Waals surface area contributed by atoms with E-state index in [2.05, 4.69) is 0 Å². The summed E-state index contributed by atoms with van der Waals surface area (Å²) in [5.74, 6) is -1.26. The predicted molar refractivity (Wildman–Crippen MR) is 125 cm³/mol. The van der Waals surface area contributed by atoms with E-state index in [1.165, 1.54) is 24.3 Å². The first-order valence-electron chi connectivity index (χ1n) is 10.6. The molecule has 0 heterocycles. The average molecular weight is 460 g/mol. The highest BCUT2D eigenvalue weighted by Crippen LogP contribution is 2.28. The molecule has 34 heavy (non-hydrogen) atoms. The molecule has 0 radical (unpaired) electrons. The van der Waals surface area contributed by atoms with Crippen LogP contribution in [-0.4, -0.2) is 11.1 Å². The van der Waals surface area contributed by atoms with Gasteiger partial charge in [0.05, 0.1) is 11.1 Å². The molecule has 1 unspecified atom stereocenters. The van der Waals surface area contributed by atoms with Crippen LogP contribution in [0.2, 0.25) is 0 Å². The third-order valence-electron chi connectivity index (χ3n) is 5.27. The maximum atomic E-state index is 14.0. The van der Waals surface area contributed by atoms with Gasteiger partial charge in [-0.3, -0.25) is 0 Å². The van der Waals surface area contributed by atoms with Crippen LogP contribution in [0.25, 0.3) is 11.1 Å². The second-order valence-electron chi connectivity index (χ2n) is 7.92. The van der Waals surface area contributed by atoms with E-state index in [9.17, 15) is 18.7 Å². The van der Waals surface area contributed by atoms with Gasteiger partial charge in [0.25, 0.3) is 0 Å². The molecular formula is C28H22F2O4. The highest BCUT2D eigenvalue weighted by molar-refractivity contribution is 5.91. The van der Waals surface area contributed by atoms with Crippen molar-refractivity contribution in [3.8, 4) is 22.6 Å². The Balaban J connectivity index is 1.41. The largest absolute Gasteiger partial charge is 0.461 e. The van der Waals surface area contributed by atoms with Crippen LogP contribution in [0.1, 0.15) is 33.3 Å². The smallest absolute Gasteiger partial charge is 0.346 e. The Kier molecular flexibility index (Phi) is 6.70. The summed E-state index contributed by atoms with van der Waals surface area (Å²) in [5.41, 5.74) is 3.10. The Morgan fingerprint density at radius 3 is 1.82 bits per heavy atom. The van der Waals surface area contributed by atoms with Crippen molar-refractivity contribution < 1.29 is 28.2 Å². The lowest BCUT2D eigenvalue weighted by molar-refractivity contribution is -0.0220. The molecule has 1 N–H and O–H groups in total. The molecule has 4 aromatic carbocycles. The van der Waals surface area contributed by atoms with E-state index < -0.39 is 23.9 Å². The van der Waals surface area contributed by atoms with E-state index in [-0.39, 0.29) is 16.9 Å². The topological polar surface area (TPSA) is 55.8 Å². The minimum absolute atomic E-state index is 0.0605. The maximum absolute atomic E-state index is 14.0. The summed E-state index contributed by atoms with van der Waals surface area (Å²) < 4.78 is 38.8. The van der Waals surface area contributed by atoms with Crippen molar-refractivity contribution in [2.45, 2.75) is 20.1 Å². The van der Waals surface area contributed by atoms with E-state index in [1.807, 2.05) is 0 Å². The Morgan fingerprint density at radius 1 is 0.735 bits per heavy atom. The summed E-state index contributed by atoms with van der Waals surface area (Å²) in [6.45, 7) is 3.50. The monoisotopic (exact) mass is 460 g/mol. The predicted octanol–water partition coefficient (Wildman–Crippen LogP) is 6.54.